The van der Waals surface area contributed by atoms with Crippen LogP contribution in [-0.2, 0) is 24.8 Å². The number of hydrogen-bond donors (Lipinski definition) is 1. The summed E-state index contributed by atoms with van der Waals surface area (Å²) in [5, 5.41) is 11.1. The third kappa shape index (κ3) is 3.83. The van der Waals surface area contributed by atoms with Crippen molar-refractivity contribution in [3.63, 3.8) is 0 Å². The predicted molar refractivity (Wildman–Crippen MR) is 102 cm³/mol. The molecule has 2 aliphatic rings. The number of nitrogens with one attached hydrogen (secondary N) is 1. The van der Waals surface area contributed by atoms with E-state index >= 15 is 0 Å². The van der Waals surface area contributed by atoms with Crippen LogP contribution in [0, 0.1) is 12.8 Å². The van der Waals surface area contributed by atoms with Gasteiger partial charge < -0.3 is 5.32 Å². The van der Waals surface area contributed by atoms with E-state index in [9.17, 15) is 4.79 Å². The van der Waals surface area contributed by atoms with Gasteiger partial charge in [0, 0.05) is 36.7 Å². The van der Waals surface area contributed by atoms with E-state index in [0.717, 1.165) is 68.1 Å². The number of piperidine rings is 1. The average Bonchev–Trinajstić information content (AvgIpc) is 3.20. The molecule has 1 N–H and O–H groups in total. The van der Waals surface area contributed by atoms with Crippen molar-refractivity contribution in [3.8, 4) is 0 Å². The number of hydrogen-bond acceptors (Lipinski definition) is 5. The van der Waals surface area contributed by atoms with Gasteiger partial charge in [-0.25, -0.2) is 4.98 Å². The molecule has 0 saturated carbocycles. The molecular weight excluding hydrogens is 346 g/mol. The van der Waals surface area contributed by atoms with Crippen LogP contribution >= 0.6 is 11.3 Å². The molecule has 0 bridgehead atoms. The number of likely N-dealkylation sites (tertiary alicyclic amines) is 1. The second kappa shape index (κ2) is 7.48. The number of rotatable bonds is 4. The van der Waals surface area contributed by atoms with Crippen LogP contribution in [0.4, 0.5) is 0 Å². The highest BCUT2D eigenvalue weighted by atomic mass is 32.1. The van der Waals surface area contributed by atoms with Crippen LogP contribution in [0.5, 0.6) is 0 Å². The molecule has 4 rings (SSSR count). The van der Waals surface area contributed by atoms with Crippen LogP contribution in [0.1, 0.15) is 53.7 Å². The Morgan fingerprint density at radius 3 is 2.88 bits per heavy atom. The van der Waals surface area contributed by atoms with Crippen molar-refractivity contribution < 1.29 is 4.79 Å². The second-order valence-corrected chi connectivity index (χ2v) is 8.63. The minimum atomic E-state index is 0.130. The lowest BCUT2D eigenvalue weighted by Gasteiger charge is -2.32. The van der Waals surface area contributed by atoms with Crippen molar-refractivity contribution in [2.24, 2.45) is 13.0 Å². The molecule has 2 aromatic rings. The molecule has 2 aromatic heterocycles. The Bertz CT molecular complexity index is 775. The molecule has 1 saturated heterocycles. The zero-order chi connectivity index (χ0) is 18.1. The van der Waals surface area contributed by atoms with Crippen molar-refractivity contribution in [2.75, 3.05) is 13.1 Å². The van der Waals surface area contributed by atoms with Crippen molar-refractivity contribution in [2.45, 2.75) is 51.6 Å². The standard InChI is InChI=1S/C19H27N5OS/c1-13-20-15(12-26-13)10-24-8-6-14(7-9-24)19(25)21-17-4-3-5-18-16(17)11-23(2)22-18/h11-12,14,17H,3-10H2,1-2H3,(H,21,25). The van der Waals surface area contributed by atoms with Gasteiger partial charge in [-0.2, -0.15) is 5.10 Å². The number of aryl methyl sites for hydroxylation is 3. The summed E-state index contributed by atoms with van der Waals surface area (Å²) >= 11 is 1.71. The molecular formula is C19H27N5OS. The molecule has 0 aromatic carbocycles. The molecule has 0 spiro atoms. The largest absolute Gasteiger partial charge is 0.349 e. The molecule has 1 aliphatic heterocycles. The van der Waals surface area contributed by atoms with E-state index in [1.807, 2.05) is 18.7 Å². The summed E-state index contributed by atoms with van der Waals surface area (Å²) < 4.78 is 1.87. The summed E-state index contributed by atoms with van der Waals surface area (Å²) in [7, 11) is 1.96. The summed E-state index contributed by atoms with van der Waals surface area (Å²) in [6, 6.07) is 0.135. The van der Waals surface area contributed by atoms with E-state index in [2.05, 4.69) is 31.9 Å². The second-order valence-electron chi connectivity index (χ2n) is 7.57. The molecule has 0 radical (unpaired) electrons. The molecule has 1 fully saturated rings. The van der Waals surface area contributed by atoms with Gasteiger partial charge >= 0.3 is 0 Å². The van der Waals surface area contributed by atoms with Crippen molar-refractivity contribution >= 4 is 17.2 Å². The highest BCUT2D eigenvalue weighted by Crippen LogP contribution is 2.29. The SMILES string of the molecule is Cc1nc(CN2CCC(C(=O)NC3CCCc4nn(C)cc43)CC2)cs1. The van der Waals surface area contributed by atoms with Crippen molar-refractivity contribution in [3.05, 3.63) is 33.5 Å². The van der Waals surface area contributed by atoms with Gasteiger partial charge in [0.05, 0.1) is 22.4 Å². The van der Waals surface area contributed by atoms with E-state index < -0.39 is 0 Å². The number of aromatic nitrogens is 3. The normalized spacial score (nSPS) is 21.5. The van der Waals surface area contributed by atoms with Gasteiger partial charge in [-0.15, -0.1) is 11.3 Å². The van der Waals surface area contributed by atoms with Crippen LogP contribution in [0.2, 0.25) is 0 Å². The van der Waals surface area contributed by atoms with E-state index in [4.69, 9.17) is 0 Å². The molecule has 1 aliphatic carbocycles. The van der Waals surface area contributed by atoms with Gasteiger partial charge in [0.1, 0.15) is 0 Å². The third-order valence-corrected chi connectivity index (χ3v) is 6.37. The summed E-state index contributed by atoms with van der Waals surface area (Å²) in [5.41, 5.74) is 3.52. The molecule has 140 valence electrons. The molecule has 7 heteroatoms. The van der Waals surface area contributed by atoms with Crippen molar-refractivity contribution in [1.82, 2.24) is 25.0 Å². The van der Waals surface area contributed by atoms with Gasteiger partial charge in [-0.1, -0.05) is 0 Å². The number of carbonyl (C=O) groups excluding carboxylic acids is 1. The predicted octanol–water partition coefficient (Wildman–Crippen LogP) is 2.59. The smallest absolute Gasteiger partial charge is 0.223 e. The summed E-state index contributed by atoms with van der Waals surface area (Å²) in [4.78, 5) is 19.7. The first-order valence-electron chi connectivity index (χ1n) is 9.54. The Balaban J connectivity index is 1.30. The fraction of sp³-hybridized carbons (Fsp3) is 0.632. The Kier molecular flexibility index (Phi) is 5.09. The van der Waals surface area contributed by atoms with Gasteiger partial charge in [0.2, 0.25) is 5.91 Å². The Morgan fingerprint density at radius 1 is 1.35 bits per heavy atom. The minimum absolute atomic E-state index is 0.130. The van der Waals surface area contributed by atoms with Gasteiger partial charge in [0.25, 0.3) is 0 Å². The lowest BCUT2D eigenvalue weighted by atomic mass is 9.91. The fourth-order valence-corrected chi connectivity index (χ4v) is 4.77. The topological polar surface area (TPSA) is 63.1 Å². The summed E-state index contributed by atoms with van der Waals surface area (Å²) in [6.45, 7) is 4.89. The third-order valence-electron chi connectivity index (χ3n) is 5.55. The van der Waals surface area contributed by atoms with Crippen LogP contribution in [0.15, 0.2) is 11.6 Å². The van der Waals surface area contributed by atoms with E-state index in [0.29, 0.717) is 0 Å². The lowest BCUT2D eigenvalue weighted by Crippen LogP contribution is -2.41. The molecule has 1 unspecified atom stereocenters. The zero-order valence-electron chi connectivity index (χ0n) is 15.6. The highest BCUT2D eigenvalue weighted by molar-refractivity contribution is 7.09. The molecule has 26 heavy (non-hydrogen) atoms. The van der Waals surface area contributed by atoms with Gasteiger partial charge in [0.15, 0.2) is 0 Å². The number of amides is 1. The molecule has 1 amide bonds. The molecule has 3 heterocycles. The van der Waals surface area contributed by atoms with E-state index in [1.54, 1.807) is 11.3 Å². The van der Waals surface area contributed by atoms with Gasteiger partial charge in [-0.3, -0.25) is 14.4 Å². The monoisotopic (exact) mass is 373 g/mol. The van der Waals surface area contributed by atoms with E-state index in [1.165, 1.54) is 5.56 Å². The first-order valence-corrected chi connectivity index (χ1v) is 10.4. The number of fused-ring (bicyclic) bond motifs is 1. The van der Waals surface area contributed by atoms with Crippen LogP contribution in [0.25, 0.3) is 0 Å². The Hall–Kier alpha value is -1.73. The Labute approximate surface area is 158 Å². The summed E-state index contributed by atoms with van der Waals surface area (Å²) in [5.74, 6) is 0.348. The highest BCUT2D eigenvalue weighted by Gasteiger charge is 2.29. The van der Waals surface area contributed by atoms with Gasteiger partial charge in [-0.05, 0) is 52.1 Å². The molecule has 6 nitrogen and oxygen atoms in total. The lowest BCUT2D eigenvalue weighted by molar-refractivity contribution is -0.127. The quantitative estimate of drug-likeness (QED) is 0.895. The first kappa shape index (κ1) is 17.7. The minimum Gasteiger partial charge on any atom is -0.349 e. The van der Waals surface area contributed by atoms with Crippen LogP contribution < -0.4 is 5.32 Å². The van der Waals surface area contributed by atoms with Crippen molar-refractivity contribution in [1.29, 1.82) is 0 Å². The maximum atomic E-state index is 12.8. The maximum absolute atomic E-state index is 12.8. The number of carbonyl (C=O) groups is 1. The maximum Gasteiger partial charge on any atom is 0.223 e. The number of thiazole rings is 1. The number of nitrogens with zero attached hydrogens (tertiary/aromatic N) is 4. The fourth-order valence-electron chi connectivity index (χ4n) is 4.17. The Morgan fingerprint density at radius 2 is 2.15 bits per heavy atom. The van der Waals surface area contributed by atoms with Crippen LogP contribution in [-0.4, -0.2) is 38.7 Å². The first-order chi connectivity index (χ1) is 12.6. The molecule has 1 atom stereocenters. The van der Waals surface area contributed by atoms with E-state index in [-0.39, 0.29) is 17.9 Å². The van der Waals surface area contributed by atoms with Crippen LogP contribution in [0.3, 0.4) is 0 Å². The zero-order valence-corrected chi connectivity index (χ0v) is 16.4. The summed E-state index contributed by atoms with van der Waals surface area (Å²) in [6.07, 6.45) is 7.07. The average molecular weight is 374 g/mol.